The molecule has 0 saturated heterocycles. The van der Waals surface area contributed by atoms with Crippen molar-refractivity contribution < 1.29 is 9.53 Å². The molecule has 0 radical (unpaired) electrons. The maximum atomic E-state index is 13.1. The third-order valence-corrected chi connectivity index (χ3v) is 6.35. The second kappa shape index (κ2) is 6.43. The van der Waals surface area contributed by atoms with Crippen LogP contribution in [0.25, 0.3) is 21.9 Å². The second-order valence-corrected chi connectivity index (χ2v) is 7.75. The summed E-state index contributed by atoms with van der Waals surface area (Å²) in [4.78, 5) is 15.0. The summed E-state index contributed by atoms with van der Waals surface area (Å²) in [7, 11) is 1.68. The van der Waals surface area contributed by atoms with Gasteiger partial charge in [-0.1, -0.05) is 66.4 Å². The minimum Gasteiger partial charge on any atom is -0.496 e. The minimum atomic E-state index is 0.0639. The molecule has 2 N–H and O–H groups in total. The summed E-state index contributed by atoms with van der Waals surface area (Å²) in [5.41, 5.74) is 10.3. The predicted molar refractivity (Wildman–Crippen MR) is 114 cm³/mol. The van der Waals surface area contributed by atoms with Crippen LogP contribution in [-0.4, -0.2) is 12.9 Å². The topological polar surface area (TPSA) is 52.3 Å². The van der Waals surface area contributed by atoms with E-state index in [1.807, 2.05) is 72.8 Å². The number of methoxy groups -OCH3 is 1. The number of carbonyl (C=O) groups excluding carboxylic acids is 1. The average Bonchev–Trinajstić information content (AvgIpc) is 2.74. The highest BCUT2D eigenvalue weighted by Gasteiger charge is 2.27. The highest BCUT2D eigenvalue weighted by molar-refractivity contribution is 7.99. The summed E-state index contributed by atoms with van der Waals surface area (Å²) in [5.74, 6) is 0.839. The van der Waals surface area contributed by atoms with Crippen molar-refractivity contribution in [2.45, 2.75) is 9.79 Å². The zero-order chi connectivity index (χ0) is 19.3. The van der Waals surface area contributed by atoms with Crippen molar-refractivity contribution in [1.82, 2.24) is 0 Å². The number of fused-ring (bicyclic) bond motifs is 2. The fourth-order valence-corrected chi connectivity index (χ4v) is 4.91. The van der Waals surface area contributed by atoms with Crippen LogP contribution >= 0.6 is 11.8 Å². The van der Waals surface area contributed by atoms with E-state index < -0.39 is 0 Å². The predicted octanol–water partition coefficient (Wildman–Crippen LogP) is 5.79. The SMILES string of the molecule is COc1cc2c3c(cccc3c1Sc1ccccc1N)C(=O)c1ccccc1-2. The molecule has 0 aromatic heterocycles. The van der Waals surface area contributed by atoms with Crippen LogP contribution in [0, 0.1) is 0 Å². The van der Waals surface area contributed by atoms with E-state index in [2.05, 4.69) is 0 Å². The van der Waals surface area contributed by atoms with Gasteiger partial charge in [0.05, 0.1) is 12.0 Å². The molecule has 28 heavy (non-hydrogen) atoms. The lowest BCUT2D eigenvalue weighted by atomic mass is 9.83. The fourth-order valence-electron chi connectivity index (χ4n) is 3.84. The normalized spacial score (nSPS) is 12.1. The van der Waals surface area contributed by atoms with Gasteiger partial charge >= 0.3 is 0 Å². The number of nitrogens with two attached hydrogens (primary N) is 1. The van der Waals surface area contributed by atoms with Gasteiger partial charge in [0, 0.05) is 32.5 Å². The lowest BCUT2D eigenvalue weighted by Crippen LogP contribution is -2.10. The third-order valence-electron chi connectivity index (χ3n) is 5.14. The molecular formula is C24H17NO2S. The number of rotatable bonds is 3. The quantitative estimate of drug-likeness (QED) is 0.401. The molecule has 0 atom stereocenters. The van der Waals surface area contributed by atoms with Gasteiger partial charge in [-0.15, -0.1) is 0 Å². The molecule has 0 saturated carbocycles. The van der Waals surface area contributed by atoms with Crippen molar-refractivity contribution in [3.63, 3.8) is 0 Å². The molecular weight excluding hydrogens is 366 g/mol. The van der Waals surface area contributed by atoms with Crippen molar-refractivity contribution >= 4 is 34.0 Å². The fraction of sp³-hybridized carbons (Fsp3) is 0.0417. The zero-order valence-corrected chi connectivity index (χ0v) is 16.0. The smallest absolute Gasteiger partial charge is 0.194 e. The van der Waals surface area contributed by atoms with E-state index in [0.29, 0.717) is 0 Å². The Bertz CT molecular complexity index is 1260. The van der Waals surface area contributed by atoms with E-state index in [1.54, 1.807) is 18.9 Å². The van der Waals surface area contributed by atoms with Crippen LogP contribution in [0.5, 0.6) is 5.75 Å². The molecule has 0 spiro atoms. The largest absolute Gasteiger partial charge is 0.496 e. The summed E-state index contributed by atoms with van der Waals surface area (Å²) in [5, 5.41) is 1.98. The van der Waals surface area contributed by atoms with E-state index in [0.717, 1.165) is 54.3 Å². The number of benzene rings is 4. The van der Waals surface area contributed by atoms with Gasteiger partial charge in [0.25, 0.3) is 0 Å². The second-order valence-electron chi connectivity index (χ2n) is 6.70. The van der Waals surface area contributed by atoms with Crippen molar-refractivity contribution in [3.05, 3.63) is 83.9 Å². The maximum Gasteiger partial charge on any atom is 0.194 e. The van der Waals surface area contributed by atoms with E-state index in [-0.39, 0.29) is 5.78 Å². The highest BCUT2D eigenvalue weighted by Crippen LogP contribution is 2.48. The Kier molecular flexibility index (Phi) is 3.88. The Morgan fingerprint density at radius 3 is 2.32 bits per heavy atom. The summed E-state index contributed by atoms with van der Waals surface area (Å²) in [6.07, 6.45) is 0. The first-order valence-electron chi connectivity index (χ1n) is 8.99. The molecule has 4 heteroatoms. The van der Waals surface area contributed by atoms with E-state index in [4.69, 9.17) is 10.5 Å². The first-order chi connectivity index (χ1) is 13.7. The molecule has 136 valence electrons. The highest BCUT2D eigenvalue weighted by atomic mass is 32.2. The maximum absolute atomic E-state index is 13.1. The molecule has 5 rings (SSSR count). The molecule has 1 aliphatic rings. The number of carbonyl (C=O) groups is 1. The number of nitrogen functional groups attached to an aromatic ring is 1. The zero-order valence-electron chi connectivity index (χ0n) is 15.2. The lowest BCUT2D eigenvalue weighted by molar-refractivity contribution is 0.104. The number of hydrogen-bond donors (Lipinski definition) is 1. The molecule has 1 aliphatic carbocycles. The molecule has 4 aromatic carbocycles. The summed E-state index contributed by atoms with van der Waals surface area (Å²) in [6, 6.07) is 23.5. The molecule has 0 heterocycles. The van der Waals surface area contributed by atoms with Gasteiger partial charge in [-0.05, 0) is 29.3 Å². The van der Waals surface area contributed by atoms with Crippen LogP contribution in [0.2, 0.25) is 0 Å². The molecule has 0 unspecified atom stereocenters. The van der Waals surface area contributed by atoms with E-state index >= 15 is 0 Å². The Labute approximate surface area is 167 Å². The number of anilines is 1. The van der Waals surface area contributed by atoms with Crippen LogP contribution in [0.15, 0.2) is 82.6 Å². The average molecular weight is 383 g/mol. The third kappa shape index (κ3) is 2.42. The van der Waals surface area contributed by atoms with Crippen LogP contribution in [0.1, 0.15) is 15.9 Å². The molecule has 4 aromatic rings. The Morgan fingerprint density at radius 1 is 0.821 bits per heavy atom. The van der Waals surface area contributed by atoms with Gasteiger partial charge in [-0.25, -0.2) is 0 Å². The number of hydrogen-bond acceptors (Lipinski definition) is 4. The van der Waals surface area contributed by atoms with Crippen LogP contribution in [0.4, 0.5) is 5.69 Å². The molecule has 3 nitrogen and oxygen atoms in total. The van der Waals surface area contributed by atoms with Crippen molar-refractivity contribution in [2.75, 3.05) is 12.8 Å². The van der Waals surface area contributed by atoms with Crippen LogP contribution < -0.4 is 10.5 Å². The standard InChI is InChI=1S/C24H17NO2S/c1-27-20-13-18-14-7-2-3-8-15(14)23(26)16-9-6-10-17(22(16)18)24(20)28-21-12-5-4-11-19(21)25/h2-13H,25H2,1H3. The van der Waals surface area contributed by atoms with Crippen molar-refractivity contribution in [2.24, 2.45) is 0 Å². The van der Waals surface area contributed by atoms with Crippen LogP contribution in [0.3, 0.4) is 0 Å². The van der Waals surface area contributed by atoms with E-state index in [9.17, 15) is 4.79 Å². The number of ketones is 1. The molecule has 0 bridgehead atoms. The summed E-state index contributed by atoms with van der Waals surface area (Å²) < 4.78 is 5.77. The van der Waals surface area contributed by atoms with E-state index in [1.165, 1.54) is 0 Å². The van der Waals surface area contributed by atoms with Gasteiger partial charge in [-0.2, -0.15) is 0 Å². The van der Waals surface area contributed by atoms with Gasteiger partial charge in [0.1, 0.15) is 5.75 Å². The summed E-state index contributed by atoms with van der Waals surface area (Å²) >= 11 is 1.57. The Hall–Kier alpha value is -3.24. The van der Waals surface area contributed by atoms with Crippen molar-refractivity contribution in [1.29, 1.82) is 0 Å². The van der Waals surface area contributed by atoms with Crippen molar-refractivity contribution in [3.8, 4) is 16.9 Å². The minimum absolute atomic E-state index is 0.0639. The Balaban J connectivity index is 1.84. The molecule has 0 aliphatic heterocycles. The summed E-state index contributed by atoms with van der Waals surface area (Å²) in [6.45, 7) is 0. The first-order valence-corrected chi connectivity index (χ1v) is 9.81. The Morgan fingerprint density at radius 2 is 1.54 bits per heavy atom. The monoisotopic (exact) mass is 383 g/mol. The van der Waals surface area contributed by atoms with Gasteiger partial charge in [0.15, 0.2) is 5.78 Å². The number of para-hydroxylation sites is 1. The van der Waals surface area contributed by atoms with Gasteiger partial charge in [0.2, 0.25) is 0 Å². The number of ether oxygens (including phenoxy) is 1. The lowest BCUT2D eigenvalue weighted by Gasteiger charge is -2.23. The van der Waals surface area contributed by atoms with Gasteiger partial charge < -0.3 is 10.5 Å². The first kappa shape index (κ1) is 16.9. The molecule has 0 amide bonds. The van der Waals surface area contributed by atoms with Gasteiger partial charge in [-0.3, -0.25) is 4.79 Å². The molecule has 0 fully saturated rings. The van der Waals surface area contributed by atoms with Crippen LogP contribution in [-0.2, 0) is 0 Å².